The number of rotatable bonds is 0. The fourth-order valence-corrected chi connectivity index (χ4v) is 0. The molecule has 8 heteroatoms. The summed E-state index contributed by atoms with van der Waals surface area (Å²) in [5.74, 6) is 0. The van der Waals surface area contributed by atoms with E-state index in [4.69, 9.17) is 16.0 Å². The molecule has 0 aliphatic carbocycles. The largest absolute Gasteiger partial charge is 0 e. The van der Waals surface area contributed by atoms with E-state index in [-0.39, 0.29) is 19.5 Å². The molecule has 52 valence electrons. The van der Waals surface area contributed by atoms with Crippen molar-refractivity contribution < 1.29 is 51.7 Å². The Kier molecular flexibility index (Phi) is 16.9. The zero-order chi connectivity index (χ0) is 6.50. The van der Waals surface area contributed by atoms with E-state index in [2.05, 4.69) is 21.0 Å². The molecule has 0 amide bonds. The Balaban J connectivity index is -0.0000000750. The third-order valence-electron chi connectivity index (χ3n) is 0. The molecule has 0 heterocycles. The van der Waals surface area contributed by atoms with Crippen LogP contribution >= 0.6 is 0 Å². The van der Waals surface area contributed by atoms with Crippen molar-refractivity contribution in [1.82, 2.24) is 0 Å². The van der Waals surface area contributed by atoms with Gasteiger partial charge in [-0.1, -0.05) is 0 Å². The van der Waals surface area contributed by atoms with Crippen molar-refractivity contribution in [3.8, 4) is 0 Å². The monoisotopic (exact) mass is 285 g/mol. The molecule has 5 N–H and O–H groups in total. The van der Waals surface area contributed by atoms with Crippen molar-refractivity contribution in [2.75, 3.05) is 0 Å². The minimum Gasteiger partial charge on any atom is 0 e. The van der Waals surface area contributed by atoms with E-state index in [1.54, 1.807) is 0 Å². The van der Waals surface area contributed by atoms with Gasteiger partial charge in [0.15, 0.2) is 0 Å². The van der Waals surface area contributed by atoms with Gasteiger partial charge >= 0.3 is 51.5 Å². The van der Waals surface area contributed by atoms with E-state index in [0.717, 1.165) is 0 Å². The van der Waals surface area contributed by atoms with Crippen molar-refractivity contribution in [3.63, 3.8) is 0 Å². The second kappa shape index (κ2) is 8.34. The van der Waals surface area contributed by atoms with Crippen molar-refractivity contribution in [2.24, 2.45) is 4.75 Å². The van der Waals surface area contributed by atoms with Crippen LogP contribution in [0.1, 0.15) is 0 Å². The molecule has 0 saturated heterocycles. The normalized spacial score (nSPS) is 8.25. The summed E-state index contributed by atoms with van der Waals surface area (Å²) >= 11 is -1.44. The Bertz CT molecular complexity index is 62.2. The van der Waals surface area contributed by atoms with Gasteiger partial charge in [0.05, 0.1) is 0 Å². The van der Waals surface area contributed by atoms with Gasteiger partial charge in [-0.2, -0.15) is 0 Å². The summed E-state index contributed by atoms with van der Waals surface area (Å²) in [4.78, 5) is 0. The summed E-state index contributed by atoms with van der Waals surface area (Å²) in [5.41, 5.74) is 0. The molecule has 0 spiro atoms. The van der Waals surface area contributed by atoms with Gasteiger partial charge in [0.1, 0.15) is 0 Å². The van der Waals surface area contributed by atoms with Gasteiger partial charge in [0.25, 0.3) is 0 Å². The minimum absolute atomic E-state index is 0. The minimum atomic E-state index is -5.12. The molecule has 0 unspecified atom stereocenters. The predicted octanol–water partition coefficient (Wildman–Crippen LogP) is -2.77. The van der Waals surface area contributed by atoms with Crippen LogP contribution in [0.5, 0.6) is 0 Å². The maximum absolute atomic E-state index is 8.94. The van der Waals surface area contributed by atoms with Crippen molar-refractivity contribution in [2.45, 2.75) is 0 Å². The van der Waals surface area contributed by atoms with E-state index >= 15 is 0 Å². The first kappa shape index (κ1) is 16.2. The molecule has 0 atom stereocenters. The van der Waals surface area contributed by atoms with Crippen molar-refractivity contribution >= 4 is 14.5 Å². The number of nitrogens with two attached hydrogens (primary N) is 1. The third kappa shape index (κ3) is 164. The maximum Gasteiger partial charge on any atom is 0 e. The fraction of sp³-hybridized carbons (Fsp3) is 0. The predicted molar refractivity (Wildman–Crippen MR) is 17.3 cm³/mol. The maximum atomic E-state index is 8.94. The van der Waals surface area contributed by atoms with Crippen LogP contribution in [0.4, 0.5) is 0 Å². The molecule has 0 bridgehead atoms. The number of hydrogen-bond acceptors (Lipinski definition) is 2. The second-order valence-electron chi connectivity index (χ2n) is 0.513. The molecule has 0 fully saturated rings. The zero-order valence-electron chi connectivity index (χ0n) is 3.78. The average molecular weight is 287 g/mol. The SMILES string of the molecule is O=[As](O)(O)O.[NH2][Cu].[Zn]. The van der Waals surface area contributed by atoms with E-state index in [1.165, 1.54) is 0 Å². The second-order valence-corrected chi connectivity index (χ2v) is 2.67. The van der Waals surface area contributed by atoms with Gasteiger partial charge in [-0.05, 0) is 0 Å². The van der Waals surface area contributed by atoms with E-state index in [1.807, 2.05) is 0 Å². The third-order valence-corrected chi connectivity index (χ3v) is 0. The van der Waals surface area contributed by atoms with Gasteiger partial charge in [-0.3, -0.25) is 0 Å². The first-order valence-electron chi connectivity index (χ1n) is 0.957. The molecular formula is H5AsCuNO4Zn. The van der Waals surface area contributed by atoms with E-state index in [9.17, 15) is 0 Å². The van der Waals surface area contributed by atoms with E-state index in [0.29, 0.717) is 0 Å². The van der Waals surface area contributed by atoms with Gasteiger partial charge in [-0.25, -0.2) is 0 Å². The van der Waals surface area contributed by atoms with Gasteiger partial charge in [0.2, 0.25) is 0 Å². The topological polar surface area (TPSA) is 104 Å². The summed E-state index contributed by atoms with van der Waals surface area (Å²) in [6, 6.07) is 0. The van der Waals surface area contributed by atoms with Gasteiger partial charge < -0.3 is 0 Å². The van der Waals surface area contributed by atoms with Crippen LogP contribution in [0.15, 0.2) is 0 Å². The van der Waals surface area contributed by atoms with Crippen molar-refractivity contribution in [1.29, 1.82) is 0 Å². The Morgan fingerprint density at radius 2 is 1.25 bits per heavy atom. The average Bonchev–Trinajstić information content (AvgIpc) is 1.36. The molecule has 0 aromatic carbocycles. The first-order chi connectivity index (χ1) is 3.00. The molecule has 0 aliphatic rings. The Morgan fingerprint density at radius 3 is 1.25 bits per heavy atom. The van der Waals surface area contributed by atoms with Crippen molar-refractivity contribution in [3.05, 3.63) is 0 Å². The molecule has 0 radical (unpaired) electrons. The van der Waals surface area contributed by atoms with Crippen LogP contribution in [0.3, 0.4) is 0 Å². The summed E-state index contributed by atoms with van der Waals surface area (Å²) in [7, 11) is 0. The standard InChI is InChI=1S/AsH3O4.Cu.H2N.Zn/c2-1(3,4)5;;;/h(H3,2,3,4,5);;1H2;/q;+1;-1;. The van der Waals surface area contributed by atoms with Crippen LogP contribution in [-0.4, -0.2) is 26.8 Å². The summed E-state index contributed by atoms with van der Waals surface area (Å²) in [5, 5.41) is 0. The van der Waals surface area contributed by atoms with E-state index < -0.39 is 14.5 Å². The smallest absolute Gasteiger partial charge is 0 e. The quantitative estimate of drug-likeness (QED) is 0.361. The Labute approximate surface area is 70.8 Å². The molecule has 0 aromatic rings. The summed E-state index contributed by atoms with van der Waals surface area (Å²) in [6.45, 7) is 0. The molecule has 0 aromatic heterocycles. The molecule has 0 aliphatic heterocycles. The van der Waals surface area contributed by atoms with Crippen LogP contribution in [0.25, 0.3) is 0 Å². The Hall–Kier alpha value is 1.34. The fourth-order valence-electron chi connectivity index (χ4n) is 0. The molecule has 0 saturated carbocycles. The van der Waals surface area contributed by atoms with Crippen LogP contribution in [0.2, 0.25) is 0 Å². The van der Waals surface area contributed by atoms with Gasteiger partial charge in [0, 0.05) is 19.5 Å². The zero-order valence-corrected chi connectivity index (χ0v) is 9.57. The van der Waals surface area contributed by atoms with Crippen LogP contribution in [0, 0.1) is 0 Å². The molecule has 8 heavy (non-hydrogen) atoms. The number of hydrogen-bond donors (Lipinski definition) is 4. The summed E-state index contributed by atoms with van der Waals surface area (Å²) < 4.78 is 34.8. The van der Waals surface area contributed by atoms with Crippen LogP contribution in [-0.2, 0) is 39.4 Å². The molecule has 5 nitrogen and oxygen atoms in total. The Morgan fingerprint density at radius 1 is 1.25 bits per heavy atom. The molecule has 0 rings (SSSR count). The molecular weight excluding hydrogens is 282 g/mol. The van der Waals surface area contributed by atoms with Gasteiger partial charge in [-0.15, -0.1) is 0 Å². The first-order valence-corrected chi connectivity index (χ1v) is 4.78. The van der Waals surface area contributed by atoms with Crippen LogP contribution < -0.4 is 4.75 Å². The summed E-state index contributed by atoms with van der Waals surface area (Å²) in [6.07, 6.45) is 0.